The van der Waals surface area contributed by atoms with Gasteiger partial charge in [0.05, 0.1) is 6.10 Å². The predicted molar refractivity (Wildman–Crippen MR) is 113 cm³/mol. The first-order chi connectivity index (χ1) is 13.1. The molecule has 0 amide bonds. The van der Waals surface area contributed by atoms with Crippen LogP contribution in [0.5, 0.6) is 0 Å². The fourth-order valence-corrected chi connectivity index (χ4v) is 3.14. The Morgan fingerprint density at radius 3 is 1.85 bits per heavy atom. The Bertz CT molecular complexity index is 660. The van der Waals surface area contributed by atoms with E-state index >= 15 is 0 Å². The van der Waals surface area contributed by atoms with Gasteiger partial charge in [-0.15, -0.1) is 0 Å². The summed E-state index contributed by atoms with van der Waals surface area (Å²) in [7, 11) is 0. The summed E-state index contributed by atoms with van der Waals surface area (Å²) in [4.78, 5) is 12.5. The van der Waals surface area contributed by atoms with E-state index in [0.717, 1.165) is 35.5 Å². The summed E-state index contributed by atoms with van der Waals surface area (Å²) in [5.74, 6) is 0.493. The Balaban J connectivity index is 1.97. The molecule has 2 rings (SSSR count). The summed E-state index contributed by atoms with van der Waals surface area (Å²) in [6.45, 7) is 6.50. The topological polar surface area (TPSA) is 26.3 Å². The van der Waals surface area contributed by atoms with Crippen molar-refractivity contribution in [3.8, 4) is 0 Å². The first-order valence-corrected chi connectivity index (χ1v) is 10.1. The zero-order valence-electron chi connectivity index (χ0n) is 16.9. The van der Waals surface area contributed by atoms with Crippen LogP contribution in [0.4, 0.5) is 0 Å². The van der Waals surface area contributed by atoms with Crippen molar-refractivity contribution in [2.45, 2.75) is 59.0 Å². The Kier molecular flexibility index (Phi) is 8.83. The van der Waals surface area contributed by atoms with Crippen molar-refractivity contribution < 1.29 is 9.53 Å². The first kappa shape index (κ1) is 21.0. The van der Waals surface area contributed by atoms with Crippen LogP contribution in [0.1, 0.15) is 64.0 Å². The molecule has 0 heterocycles. The molecule has 2 aromatic rings. The fraction of sp³-hybridized carbons (Fsp3) is 0.400. The number of ether oxygens (including phenoxy) is 1. The van der Waals surface area contributed by atoms with Crippen LogP contribution in [-0.4, -0.2) is 12.1 Å². The highest BCUT2D eigenvalue weighted by atomic mass is 16.5. The molecule has 0 aliphatic carbocycles. The third-order valence-corrected chi connectivity index (χ3v) is 4.64. The lowest BCUT2D eigenvalue weighted by Gasteiger charge is -2.13. The van der Waals surface area contributed by atoms with E-state index in [4.69, 9.17) is 4.74 Å². The molecular formula is C25H32O2. The molecular weight excluding hydrogens is 332 g/mol. The molecule has 1 atom stereocenters. The average molecular weight is 365 g/mol. The third-order valence-electron chi connectivity index (χ3n) is 4.64. The van der Waals surface area contributed by atoms with Gasteiger partial charge in [0, 0.05) is 6.08 Å². The van der Waals surface area contributed by atoms with Gasteiger partial charge in [0.15, 0.2) is 0 Å². The van der Waals surface area contributed by atoms with E-state index in [0.29, 0.717) is 0 Å². The minimum absolute atomic E-state index is 0.0550. The maximum Gasteiger partial charge on any atom is 0.331 e. The van der Waals surface area contributed by atoms with Crippen LogP contribution in [0.25, 0.3) is 5.57 Å². The van der Waals surface area contributed by atoms with E-state index in [1.165, 1.54) is 19.3 Å². The summed E-state index contributed by atoms with van der Waals surface area (Å²) >= 11 is 0. The van der Waals surface area contributed by atoms with Gasteiger partial charge in [0.1, 0.15) is 0 Å². The largest absolute Gasteiger partial charge is 0.459 e. The Morgan fingerprint density at radius 1 is 0.815 bits per heavy atom. The van der Waals surface area contributed by atoms with Crippen molar-refractivity contribution in [3.63, 3.8) is 0 Å². The second-order valence-corrected chi connectivity index (χ2v) is 7.57. The zero-order chi connectivity index (χ0) is 19.5. The Labute approximate surface area is 164 Å². The van der Waals surface area contributed by atoms with Crippen LogP contribution in [0.2, 0.25) is 0 Å². The average Bonchev–Trinajstić information content (AvgIpc) is 2.67. The van der Waals surface area contributed by atoms with Crippen molar-refractivity contribution in [1.29, 1.82) is 0 Å². The number of hydrogen-bond acceptors (Lipinski definition) is 2. The second kappa shape index (κ2) is 11.4. The monoisotopic (exact) mass is 364 g/mol. The molecule has 144 valence electrons. The molecule has 0 saturated heterocycles. The summed E-state index contributed by atoms with van der Waals surface area (Å²) in [6.07, 6.45) is 7.33. The number of esters is 1. The van der Waals surface area contributed by atoms with Crippen molar-refractivity contribution in [3.05, 3.63) is 77.9 Å². The maximum atomic E-state index is 12.5. The minimum Gasteiger partial charge on any atom is -0.459 e. The Hall–Kier alpha value is -2.35. The zero-order valence-corrected chi connectivity index (χ0v) is 16.9. The van der Waals surface area contributed by atoms with Crippen molar-refractivity contribution in [1.82, 2.24) is 0 Å². The molecule has 2 nitrogen and oxygen atoms in total. The predicted octanol–water partition coefficient (Wildman–Crippen LogP) is 6.66. The van der Waals surface area contributed by atoms with Crippen LogP contribution in [0.15, 0.2) is 66.7 Å². The second-order valence-electron chi connectivity index (χ2n) is 7.57. The molecule has 0 fully saturated rings. The van der Waals surface area contributed by atoms with Gasteiger partial charge in [0.25, 0.3) is 0 Å². The highest BCUT2D eigenvalue weighted by Crippen LogP contribution is 2.23. The quantitative estimate of drug-likeness (QED) is 0.268. The van der Waals surface area contributed by atoms with Crippen LogP contribution < -0.4 is 0 Å². The molecule has 2 aromatic carbocycles. The molecule has 0 aliphatic heterocycles. The van der Waals surface area contributed by atoms with Crippen LogP contribution >= 0.6 is 0 Å². The molecule has 0 saturated carbocycles. The smallest absolute Gasteiger partial charge is 0.331 e. The Morgan fingerprint density at radius 2 is 1.33 bits per heavy atom. The summed E-state index contributed by atoms with van der Waals surface area (Å²) in [5, 5.41) is 0. The van der Waals surface area contributed by atoms with Gasteiger partial charge < -0.3 is 4.74 Å². The number of rotatable bonds is 10. The number of benzene rings is 2. The third kappa shape index (κ3) is 7.82. The van der Waals surface area contributed by atoms with Gasteiger partial charge in [-0.05, 0) is 42.4 Å². The summed E-state index contributed by atoms with van der Waals surface area (Å²) in [5.41, 5.74) is 2.93. The lowest BCUT2D eigenvalue weighted by Crippen LogP contribution is -2.13. The summed E-state index contributed by atoms with van der Waals surface area (Å²) < 4.78 is 5.64. The van der Waals surface area contributed by atoms with Gasteiger partial charge >= 0.3 is 5.97 Å². The maximum absolute atomic E-state index is 12.5. The standard InChI is InChI=1S/C25H32O2/c1-20(2)13-7-4-8-14-21(3)27-25(26)19-24(22-15-9-5-10-16-22)23-17-11-6-12-18-23/h5-6,9-12,15-21H,4,7-8,13-14H2,1-3H3. The molecule has 0 radical (unpaired) electrons. The van der Waals surface area contributed by atoms with E-state index in [2.05, 4.69) is 13.8 Å². The van der Waals surface area contributed by atoms with Gasteiger partial charge in [0.2, 0.25) is 0 Å². The van der Waals surface area contributed by atoms with Gasteiger partial charge in [-0.25, -0.2) is 4.79 Å². The van der Waals surface area contributed by atoms with E-state index in [1.807, 2.05) is 67.6 Å². The molecule has 1 unspecified atom stereocenters. The molecule has 27 heavy (non-hydrogen) atoms. The highest BCUT2D eigenvalue weighted by molar-refractivity contribution is 5.96. The number of unbranched alkanes of at least 4 members (excludes halogenated alkanes) is 2. The van der Waals surface area contributed by atoms with Crippen molar-refractivity contribution in [2.24, 2.45) is 5.92 Å². The van der Waals surface area contributed by atoms with Crippen LogP contribution in [0.3, 0.4) is 0 Å². The lowest BCUT2D eigenvalue weighted by atomic mass is 9.98. The molecule has 0 aromatic heterocycles. The first-order valence-electron chi connectivity index (χ1n) is 10.1. The lowest BCUT2D eigenvalue weighted by molar-refractivity contribution is -0.142. The molecule has 2 heteroatoms. The molecule has 0 aliphatic rings. The fourth-order valence-electron chi connectivity index (χ4n) is 3.14. The molecule has 0 bridgehead atoms. The SMILES string of the molecule is CC(C)CCCCCC(C)OC(=O)C=C(c1ccccc1)c1ccccc1. The number of hydrogen-bond donors (Lipinski definition) is 0. The van der Waals surface area contributed by atoms with Gasteiger partial charge in [-0.3, -0.25) is 0 Å². The van der Waals surface area contributed by atoms with Gasteiger partial charge in [-0.1, -0.05) is 93.8 Å². The summed E-state index contributed by atoms with van der Waals surface area (Å²) in [6, 6.07) is 20.0. The van der Waals surface area contributed by atoms with Crippen molar-refractivity contribution >= 4 is 11.5 Å². The number of carbonyl (C=O) groups excluding carboxylic acids is 1. The highest BCUT2D eigenvalue weighted by Gasteiger charge is 2.11. The number of carbonyl (C=O) groups is 1. The van der Waals surface area contributed by atoms with Crippen molar-refractivity contribution in [2.75, 3.05) is 0 Å². The normalized spacial score (nSPS) is 11.9. The van der Waals surface area contributed by atoms with Crippen LogP contribution in [0, 0.1) is 5.92 Å². The van der Waals surface area contributed by atoms with E-state index in [-0.39, 0.29) is 12.1 Å². The van der Waals surface area contributed by atoms with E-state index in [9.17, 15) is 4.79 Å². The minimum atomic E-state index is -0.271. The molecule has 0 spiro atoms. The molecule has 0 N–H and O–H groups in total. The van der Waals surface area contributed by atoms with E-state index < -0.39 is 0 Å². The van der Waals surface area contributed by atoms with Crippen LogP contribution in [-0.2, 0) is 9.53 Å². The van der Waals surface area contributed by atoms with E-state index in [1.54, 1.807) is 6.08 Å². The van der Waals surface area contributed by atoms with Gasteiger partial charge in [-0.2, -0.15) is 0 Å².